The van der Waals surface area contributed by atoms with Gasteiger partial charge in [-0.15, -0.1) is 11.3 Å². The summed E-state index contributed by atoms with van der Waals surface area (Å²) in [5.41, 5.74) is 2.69. The van der Waals surface area contributed by atoms with Gasteiger partial charge in [0.25, 0.3) is 11.8 Å². The highest BCUT2D eigenvalue weighted by molar-refractivity contribution is 9.10. The van der Waals surface area contributed by atoms with E-state index < -0.39 is 0 Å². The molecule has 0 unspecified atom stereocenters. The van der Waals surface area contributed by atoms with Crippen LogP contribution < -0.4 is 15.4 Å². The maximum absolute atomic E-state index is 12.4. The Kier molecular flexibility index (Phi) is 4.44. The highest BCUT2D eigenvalue weighted by atomic mass is 79.9. The van der Waals surface area contributed by atoms with Gasteiger partial charge in [-0.1, -0.05) is 12.1 Å². The average Bonchev–Trinajstić information content (AvgIpc) is 3.10. The number of nitrogens with one attached hydrogen (secondary N) is 2. The maximum atomic E-state index is 12.4. The normalized spacial score (nSPS) is 12.7. The van der Waals surface area contributed by atoms with Crippen LogP contribution in [-0.2, 0) is 4.79 Å². The zero-order valence-corrected chi connectivity index (χ0v) is 15.7. The molecule has 0 radical (unpaired) electrons. The first-order chi connectivity index (χ1) is 12.6. The van der Waals surface area contributed by atoms with Crippen molar-refractivity contribution in [2.45, 2.75) is 0 Å². The Labute approximate surface area is 161 Å². The van der Waals surface area contributed by atoms with E-state index in [9.17, 15) is 9.59 Å². The lowest BCUT2D eigenvalue weighted by atomic mass is 10.1. The lowest BCUT2D eigenvalue weighted by Gasteiger charge is -2.18. The molecular formula is C18H12BrN3O3S. The topological polar surface area (TPSA) is 80.3 Å². The zero-order valence-electron chi connectivity index (χ0n) is 13.3. The van der Waals surface area contributed by atoms with Crippen molar-refractivity contribution in [2.75, 3.05) is 17.2 Å². The Bertz CT molecular complexity index is 1020. The van der Waals surface area contributed by atoms with Crippen LogP contribution >= 0.6 is 27.3 Å². The predicted molar refractivity (Wildman–Crippen MR) is 104 cm³/mol. The number of anilines is 2. The van der Waals surface area contributed by atoms with Crippen molar-refractivity contribution < 1.29 is 14.3 Å². The molecular weight excluding hydrogens is 418 g/mol. The molecule has 0 fully saturated rings. The van der Waals surface area contributed by atoms with Crippen LogP contribution in [0.25, 0.3) is 11.3 Å². The van der Waals surface area contributed by atoms with Crippen molar-refractivity contribution in [2.24, 2.45) is 0 Å². The SMILES string of the molecule is O=C1COc2ccc(-c3csc(NC(=O)c4ccccc4Br)n3)cc2N1. The van der Waals surface area contributed by atoms with Gasteiger partial charge in [0.2, 0.25) is 0 Å². The number of benzene rings is 2. The summed E-state index contributed by atoms with van der Waals surface area (Å²) in [5.74, 6) is 0.213. The van der Waals surface area contributed by atoms with E-state index in [1.54, 1.807) is 24.3 Å². The van der Waals surface area contributed by atoms with Gasteiger partial charge >= 0.3 is 0 Å². The second kappa shape index (κ2) is 6.89. The first kappa shape index (κ1) is 16.7. The summed E-state index contributed by atoms with van der Waals surface area (Å²) in [6, 6.07) is 12.7. The highest BCUT2D eigenvalue weighted by Gasteiger charge is 2.17. The number of rotatable bonds is 3. The van der Waals surface area contributed by atoms with Crippen LogP contribution in [0.5, 0.6) is 5.75 Å². The molecule has 2 amide bonds. The van der Waals surface area contributed by atoms with Crippen LogP contribution in [0, 0.1) is 0 Å². The van der Waals surface area contributed by atoms with E-state index in [4.69, 9.17) is 4.74 Å². The van der Waals surface area contributed by atoms with Gasteiger partial charge in [0.15, 0.2) is 11.7 Å². The fraction of sp³-hybridized carbons (Fsp3) is 0.0556. The minimum absolute atomic E-state index is 0.0221. The molecule has 130 valence electrons. The zero-order chi connectivity index (χ0) is 18.1. The van der Waals surface area contributed by atoms with Crippen molar-refractivity contribution in [1.82, 2.24) is 4.98 Å². The molecule has 0 saturated carbocycles. The van der Waals surface area contributed by atoms with Crippen LogP contribution in [0.3, 0.4) is 0 Å². The molecule has 6 nitrogen and oxygen atoms in total. The van der Waals surface area contributed by atoms with Gasteiger partial charge in [-0.25, -0.2) is 4.98 Å². The van der Waals surface area contributed by atoms with Gasteiger partial charge in [-0.3, -0.25) is 14.9 Å². The van der Waals surface area contributed by atoms with E-state index in [2.05, 4.69) is 31.5 Å². The third kappa shape index (κ3) is 3.33. The second-order valence-corrected chi connectivity index (χ2v) is 7.23. The smallest absolute Gasteiger partial charge is 0.262 e. The Balaban J connectivity index is 1.55. The third-order valence-electron chi connectivity index (χ3n) is 3.75. The van der Waals surface area contributed by atoms with Gasteiger partial charge in [0, 0.05) is 15.4 Å². The molecule has 0 saturated heterocycles. The van der Waals surface area contributed by atoms with Gasteiger partial charge in [0.05, 0.1) is 16.9 Å². The van der Waals surface area contributed by atoms with E-state index in [0.717, 1.165) is 10.0 Å². The molecule has 2 heterocycles. The minimum Gasteiger partial charge on any atom is -0.482 e. The summed E-state index contributed by atoms with van der Waals surface area (Å²) in [7, 11) is 0. The molecule has 1 aliphatic rings. The summed E-state index contributed by atoms with van der Waals surface area (Å²) < 4.78 is 6.08. The van der Waals surface area contributed by atoms with Crippen molar-refractivity contribution in [3.8, 4) is 17.0 Å². The number of carbonyl (C=O) groups is 2. The highest BCUT2D eigenvalue weighted by Crippen LogP contribution is 2.34. The fourth-order valence-corrected chi connectivity index (χ4v) is 3.70. The number of hydrogen-bond donors (Lipinski definition) is 2. The van der Waals surface area contributed by atoms with Gasteiger partial charge in [-0.2, -0.15) is 0 Å². The Morgan fingerprint density at radius 1 is 1.27 bits per heavy atom. The van der Waals surface area contributed by atoms with Crippen LogP contribution in [0.4, 0.5) is 10.8 Å². The Morgan fingerprint density at radius 2 is 2.12 bits per heavy atom. The Hall–Kier alpha value is -2.71. The molecule has 3 aromatic rings. The number of aromatic nitrogens is 1. The molecule has 4 rings (SSSR count). The van der Waals surface area contributed by atoms with Crippen molar-refractivity contribution in [3.05, 3.63) is 57.9 Å². The Morgan fingerprint density at radius 3 is 2.96 bits per heavy atom. The number of fused-ring (bicyclic) bond motifs is 1. The minimum atomic E-state index is -0.232. The summed E-state index contributed by atoms with van der Waals surface area (Å²) in [5, 5.41) is 7.93. The van der Waals surface area contributed by atoms with Gasteiger partial charge < -0.3 is 10.1 Å². The van der Waals surface area contributed by atoms with E-state index in [-0.39, 0.29) is 18.4 Å². The molecule has 1 aromatic heterocycles. The van der Waals surface area contributed by atoms with E-state index in [0.29, 0.717) is 27.8 Å². The number of halogens is 1. The molecule has 2 aromatic carbocycles. The summed E-state index contributed by atoms with van der Waals surface area (Å²) >= 11 is 4.70. The quantitative estimate of drug-likeness (QED) is 0.654. The largest absolute Gasteiger partial charge is 0.482 e. The molecule has 0 bridgehead atoms. The molecule has 8 heteroatoms. The summed E-state index contributed by atoms with van der Waals surface area (Å²) in [6.45, 7) is 0.0221. The maximum Gasteiger partial charge on any atom is 0.262 e. The van der Waals surface area contributed by atoms with Crippen LogP contribution in [0.1, 0.15) is 10.4 Å². The fourth-order valence-electron chi connectivity index (χ4n) is 2.52. The first-order valence-electron chi connectivity index (χ1n) is 7.68. The van der Waals surface area contributed by atoms with E-state index in [1.165, 1.54) is 11.3 Å². The molecule has 0 aliphatic carbocycles. The number of amides is 2. The second-order valence-electron chi connectivity index (χ2n) is 5.52. The van der Waals surface area contributed by atoms with Crippen molar-refractivity contribution in [3.63, 3.8) is 0 Å². The molecule has 0 atom stereocenters. The third-order valence-corrected chi connectivity index (χ3v) is 5.20. The van der Waals surface area contributed by atoms with E-state index in [1.807, 2.05) is 23.6 Å². The van der Waals surface area contributed by atoms with Crippen LogP contribution in [0.15, 0.2) is 52.3 Å². The number of thiazole rings is 1. The van der Waals surface area contributed by atoms with Crippen molar-refractivity contribution >= 4 is 49.9 Å². The number of carbonyl (C=O) groups excluding carboxylic acids is 2. The van der Waals surface area contributed by atoms with Gasteiger partial charge in [0.1, 0.15) is 5.75 Å². The monoisotopic (exact) mass is 429 g/mol. The predicted octanol–water partition coefficient (Wildman–Crippen LogP) is 4.16. The molecule has 0 spiro atoms. The summed E-state index contributed by atoms with van der Waals surface area (Å²) in [6.07, 6.45) is 0. The molecule has 26 heavy (non-hydrogen) atoms. The standard InChI is InChI=1S/C18H12BrN3O3S/c19-12-4-2-1-3-11(12)17(24)22-18-21-14(9-26-18)10-5-6-15-13(7-10)20-16(23)8-25-15/h1-7,9H,8H2,(H,20,23)(H,21,22,24). The number of ether oxygens (including phenoxy) is 1. The number of hydrogen-bond acceptors (Lipinski definition) is 5. The first-order valence-corrected chi connectivity index (χ1v) is 9.36. The lowest BCUT2D eigenvalue weighted by Crippen LogP contribution is -2.25. The van der Waals surface area contributed by atoms with Crippen molar-refractivity contribution in [1.29, 1.82) is 0 Å². The average molecular weight is 430 g/mol. The van der Waals surface area contributed by atoms with E-state index >= 15 is 0 Å². The summed E-state index contributed by atoms with van der Waals surface area (Å²) in [4.78, 5) is 28.3. The van der Waals surface area contributed by atoms with Gasteiger partial charge in [-0.05, 0) is 46.3 Å². The molecule has 2 N–H and O–H groups in total. The number of nitrogens with zero attached hydrogens (tertiary/aromatic N) is 1. The van der Waals surface area contributed by atoms with Crippen LogP contribution in [0.2, 0.25) is 0 Å². The lowest BCUT2D eigenvalue weighted by molar-refractivity contribution is -0.118. The molecule has 1 aliphatic heterocycles. The van der Waals surface area contributed by atoms with Crippen LogP contribution in [-0.4, -0.2) is 23.4 Å².